The molecule has 31 heavy (non-hydrogen) atoms. The van der Waals surface area contributed by atoms with Crippen LogP contribution in [-0.4, -0.2) is 80.0 Å². The topological polar surface area (TPSA) is 57.2 Å². The summed E-state index contributed by atoms with van der Waals surface area (Å²) in [5, 5.41) is 0. The van der Waals surface area contributed by atoms with Crippen LogP contribution in [0.25, 0.3) is 0 Å². The second-order valence-electron chi connectivity index (χ2n) is 8.24. The summed E-state index contributed by atoms with van der Waals surface area (Å²) < 4.78 is 33.0. The van der Waals surface area contributed by atoms with Gasteiger partial charge in [-0.25, -0.2) is 8.42 Å². The summed E-state index contributed by atoms with van der Waals surface area (Å²) >= 11 is 0. The Morgan fingerprint density at radius 2 is 0.774 bits per heavy atom. The van der Waals surface area contributed by atoms with E-state index >= 15 is 0 Å². The molecular weight excluding hydrogens is 415 g/mol. The molecule has 0 fully saturated rings. The van der Waals surface area contributed by atoms with E-state index in [9.17, 15) is 13.0 Å². The number of hydrogen-bond acceptors (Lipinski definition) is 3. The van der Waals surface area contributed by atoms with Gasteiger partial charge in [-0.1, -0.05) is 39.0 Å². The van der Waals surface area contributed by atoms with Gasteiger partial charge in [-0.05, 0) is 61.8 Å². The summed E-state index contributed by atoms with van der Waals surface area (Å²) in [4.78, 5) is 0. The number of hydrogen-bond donors (Lipinski definition) is 0. The smallest absolute Gasteiger partial charge is 0.0945 e. The monoisotopic (exact) mass is 472 g/mol. The Labute approximate surface area is 195 Å². The number of nitrogens with zero attached hydrogens (tertiary/aromatic N) is 2. The molecule has 0 aromatic rings. The van der Waals surface area contributed by atoms with Crippen molar-refractivity contribution in [3.8, 4) is 0 Å². The minimum atomic E-state index is -3.97. The van der Waals surface area contributed by atoms with Crippen molar-refractivity contribution in [2.45, 2.75) is 101 Å². The van der Waals surface area contributed by atoms with E-state index in [-0.39, 0.29) is 10.5 Å². The van der Waals surface area contributed by atoms with Gasteiger partial charge in [-0.15, -0.1) is 0 Å². The molecule has 0 unspecified atom stereocenters. The molecule has 5 nitrogen and oxygen atoms in total. The fourth-order valence-corrected chi connectivity index (χ4v) is 4.30. The van der Waals surface area contributed by atoms with Crippen molar-refractivity contribution in [3.05, 3.63) is 0 Å². The lowest BCUT2D eigenvalue weighted by Gasteiger charge is -2.34. The lowest BCUT2D eigenvalue weighted by Crippen LogP contribution is -3.00. The number of halogens is 1. The number of quaternary nitrogens is 2. The second kappa shape index (κ2) is 22.9. The van der Waals surface area contributed by atoms with Gasteiger partial charge in [0.15, 0.2) is 0 Å². The van der Waals surface area contributed by atoms with Crippen molar-refractivity contribution in [3.63, 3.8) is 0 Å². The van der Waals surface area contributed by atoms with Crippen LogP contribution < -0.4 is 4.70 Å². The molecule has 0 saturated heterocycles. The van der Waals surface area contributed by atoms with Gasteiger partial charge >= 0.3 is 0 Å². The quantitative estimate of drug-likeness (QED) is 0.209. The SMILES string of the molecule is CCCCCCCCS(=O)(=O)[O-].CC[N+](CC)(CC)CC.CC[N+](CC)(CC)CC.[F-]. The van der Waals surface area contributed by atoms with Crippen molar-refractivity contribution < 1.29 is 26.6 Å². The third-order valence-electron chi connectivity index (χ3n) is 7.11. The van der Waals surface area contributed by atoms with E-state index < -0.39 is 10.1 Å². The maximum absolute atomic E-state index is 10.2. The molecule has 0 aromatic carbocycles. The van der Waals surface area contributed by atoms with Crippen LogP contribution in [0.5, 0.6) is 0 Å². The molecule has 0 heterocycles. The average Bonchev–Trinajstić information content (AvgIpc) is 2.75. The fourth-order valence-electron chi connectivity index (χ4n) is 3.74. The van der Waals surface area contributed by atoms with Crippen LogP contribution >= 0.6 is 0 Å². The van der Waals surface area contributed by atoms with E-state index in [0.717, 1.165) is 19.3 Å². The Balaban J connectivity index is -0.000000176. The van der Waals surface area contributed by atoms with E-state index in [1.807, 2.05) is 0 Å². The van der Waals surface area contributed by atoms with Gasteiger partial charge < -0.3 is 18.2 Å². The highest BCUT2D eigenvalue weighted by Crippen LogP contribution is 2.06. The third-order valence-corrected chi connectivity index (χ3v) is 7.90. The predicted molar refractivity (Wildman–Crippen MR) is 133 cm³/mol. The summed E-state index contributed by atoms with van der Waals surface area (Å²) in [6.07, 6.45) is 5.96. The van der Waals surface area contributed by atoms with Gasteiger partial charge in [-0.2, -0.15) is 0 Å². The first-order valence-electron chi connectivity index (χ1n) is 12.7. The minimum Gasteiger partial charge on any atom is -1.00 e. The Bertz CT molecular complexity index is 397. The molecule has 0 atom stereocenters. The van der Waals surface area contributed by atoms with Crippen LogP contribution in [-0.2, 0) is 10.1 Å². The molecule has 0 aliphatic carbocycles. The molecule has 0 aliphatic rings. The maximum atomic E-state index is 10.2. The standard InChI is InChI=1S/2C8H20N.C8H18O3S.FH/c2*1-5-9(6-2,7-3)8-4;1-2-3-4-5-6-7-8-12(9,10)11;/h2*5-8H2,1-4H3;2-8H2,1H3,(H,9,10,11);1H/q2*+1;;/p-2. The molecule has 0 bridgehead atoms. The molecule has 7 heteroatoms. The summed E-state index contributed by atoms with van der Waals surface area (Å²) in [6, 6.07) is 0. The van der Waals surface area contributed by atoms with Crippen LogP contribution in [0.4, 0.5) is 0 Å². The van der Waals surface area contributed by atoms with E-state index in [4.69, 9.17) is 0 Å². The van der Waals surface area contributed by atoms with Crippen LogP contribution in [0.1, 0.15) is 101 Å². The van der Waals surface area contributed by atoms with Crippen molar-refractivity contribution in [1.82, 2.24) is 0 Å². The van der Waals surface area contributed by atoms with Gasteiger partial charge in [0, 0.05) is 5.75 Å². The highest BCUT2D eigenvalue weighted by atomic mass is 32.2. The van der Waals surface area contributed by atoms with E-state index in [1.165, 1.54) is 74.2 Å². The zero-order valence-electron chi connectivity index (χ0n) is 22.5. The molecule has 0 radical (unpaired) electrons. The van der Waals surface area contributed by atoms with Crippen molar-refractivity contribution >= 4 is 10.1 Å². The van der Waals surface area contributed by atoms with Crippen LogP contribution in [0.15, 0.2) is 0 Å². The molecule has 0 rings (SSSR count). The summed E-state index contributed by atoms with van der Waals surface area (Å²) in [5.41, 5.74) is 0. The maximum Gasteiger partial charge on any atom is 0.0945 e. The zero-order valence-corrected chi connectivity index (χ0v) is 23.3. The van der Waals surface area contributed by atoms with E-state index in [1.54, 1.807) is 0 Å². The lowest BCUT2D eigenvalue weighted by molar-refractivity contribution is -0.921. The molecule has 0 amide bonds. The van der Waals surface area contributed by atoms with Crippen molar-refractivity contribution in [1.29, 1.82) is 0 Å². The van der Waals surface area contributed by atoms with Crippen molar-refractivity contribution in [2.24, 2.45) is 0 Å². The highest BCUT2D eigenvalue weighted by molar-refractivity contribution is 7.85. The first-order chi connectivity index (χ1) is 14.0. The molecule has 194 valence electrons. The summed E-state index contributed by atoms with van der Waals surface area (Å²) in [6.45, 7) is 30.6. The van der Waals surface area contributed by atoms with Gasteiger partial charge in [0.25, 0.3) is 0 Å². The predicted octanol–water partition coefficient (Wildman–Crippen LogP) is 2.66. The van der Waals surface area contributed by atoms with Gasteiger partial charge in [0.2, 0.25) is 0 Å². The van der Waals surface area contributed by atoms with Crippen LogP contribution in [0.2, 0.25) is 0 Å². The summed E-state index contributed by atoms with van der Waals surface area (Å²) in [5.74, 6) is -0.195. The van der Waals surface area contributed by atoms with Crippen LogP contribution in [0, 0.1) is 0 Å². The number of rotatable bonds is 15. The third kappa shape index (κ3) is 21.4. The Kier molecular flexibility index (Phi) is 28.1. The molecule has 0 N–H and O–H groups in total. The van der Waals surface area contributed by atoms with Gasteiger partial charge in [0.1, 0.15) is 0 Å². The Morgan fingerprint density at radius 1 is 0.516 bits per heavy atom. The number of unbranched alkanes of at least 4 members (excludes halogenated alkanes) is 5. The second-order valence-corrected chi connectivity index (χ2v) is 9.77. The normalized spacial score (nSPS) is 11.5. The zero-order chi connectivity index (χ0) is 24.1. The van der Waals surface area contributed by atoms with Gasteiger partial charge in [-0.3, -0.25) is 0 Å². The van der Waals surface area contributed by atoms with E-state index in [0.29, 0.717) is 6.42 Å². The molecule has 0 aromatic heterocycles. The van der Waals surface area contributed by atoms with Crippen LogP contribution in [0.3, 0.4) is 0 Å². The fraction of sp³-hybridized carbons (Fsp3) is 1.00. The van der Waals surface area contributed by atoms with E-state index in [2.05, 4.69) is 62.3 Å². The first kappa shape index (κ1) is 38.0. The molecule has 0 saturated carbocycles. The largest absolute Gasteiger partial charge is 1.00 e. The summed E-state index contributed by atoms with van der Waals surface area (Å²) in [7, 11) is -3.97. The average molecular weight is 473 g/mol. The molecule has 0 spiro atoms. The highest BCUT2D eigenvalue weighted by Gasteiger charge is 2.16. The lowest BCUT2D eigenvalue weighted by atomic mass is 10.1. The Hall–Kier alpha value is -0.240. The minimum absolute atomic E-state index is 0. The van der Waals surface area contributed by atoms with Crippen molar-refractivity contribution in [2.75, 3.05) is 58.1 Å². The molecule has 0 aliphatic heterocycles. The van der Waals surface area contributed by atoms with Gasteiger partial charge in [0.05, 0.1) is 62.5 Å². The molecular formula is C24H57FN2O3S. The Morgan fingerprint density at radius 3 is 0.968 bits per heavy atom. The first-order valence-corrected chi connectivity index (χ1v) is 14.3.